The number of nitrogens with zero attached hydrogens (tertiary/aromatic N) is 2. The lowest BCUT2D eigenvalue weighted by Gasteiger charge is -2.17. The lowest BCUT2D eigenvalue weighted by molar-refractivity contribution is -0.142. The molecule has 7 heteroatoms. The number of phenolic OH excluding ortho intramolecular Hbond substituents is 1. The predicted octanol–water partition coefficient (Wildman–Crippen LogP) is 5.47. The van der Waals surface area contributed by atoms with Crippen LogP contribution in [0.1, 0.15) is 15.9 Å². The summed E-state index contributed by atoms with van der Waals surface area (Å²) in [4.78, 5) is 25.4. The van der Waals surface area contributed by atoms with Crippen LogP contribution in [0.4, 0.5) is 11.4 Å². The molecule has 170 valence electrons. The molecular weight excluding hydrogens is 430 g/mol. The predicted molar refractivity (Wildman–Crippen MR) is 130 cm³/mol. The van der Waals surface area contributed by atoms with Crippen LogP contribution in [0.2, 0.25) is 0 Å². The van der Waals surface area contributed by atoms with Crippen molar-refractivity contribution in [1.29, 1.82) is 0 Å². The van der Waals surface area contributed by atoms with Crippen LogP contribution >= 0.6 is 0 Å². The zero-order chi connectivity index (χ0) is 23.9. The van der Waals surface area contributed by atoms with Crippen LogP contribution in [-0.2, 0) is 16.0 Å². The van der Waals surface area contributed by atoms with Crippen LogP contribution in [0.25, 0.3) is 10.8 Å². The molecule has 0 saturated carbocycles. The highest BCUT2D eigenvalue weighted by Crippen LogP contribution is 2.36. The van der Waals surface area contributed by atoms with Gasteiger partial charge in [0.25, 0.3) is 5.91 Å². The molecule has 1 amide bonds. The summed E-state index contributed by atoms with van der Waals surface area (Å²) in [6, 6.07) is 26.0. The van der Waals surface area contributed by atoms with Crippen molar-refractivity contribution in [2.75, 3.05) is 7.11 Å². The van der Waals surface area contributed by atoms with Crippen LogP contribution < -0.4 is 5.32 Å². The second-order valence-corrected chi connectivity index (χ2v) is 7.61. The number of azo groups is 1. The fourth-order valence-electron chi connectivity index (χ4n) is 3.63. The minimum atomic E-state index is -0.869. The third-order valence-corrected chi connectivity index (χ3v) is 5.36. The third kappa shape index (κ3) is 5.10. The number of hydrogen-bond donors (Lipinski definition) is 2. The van der Waals surface area contributed by atoms with E-state index < -0.39 is 17.9 Å². The van der Waals surface area contributed by atoms with Gasteiger partial charge in [-0.25, -0.2) is 4.79 Å². The van der Waals surface area contributed by atoms with Gasteiger partial charge in [0, 0.05) is 11.8 Å². The lowest BCUT2D eigenvalue weighted by Crippen LogP contribution is -2.43. The molecule has 0 aliphatic carbocycles. The number of amides is 1. The van der Waals surface area contributed by atoms with E-state index in [0.29, 0.717) is 11.4 Å². The van der Waals surface area contributed by atoms with Gasteiger partial charge in [0.15, 0.2) is 0 Å². The molecule has 4 aromatic carbocycles. The molecule has 0 unspecified atom stereocenters. The molecule has 0 bridgehead atoms. The summed E-state index contributed by atoms with van der Waals surface area (Å²) in [7, 11) is 1.28. The zero-order valence-electron chi connectivity index (χ0n) is 18.5. The minimum absolute atomic E-state index is 0.0157. The number of carbonyl (C=O) groups is 2. The number of carbonyl (C=O) groups excluding carboxylic acids is 2. The Morgan fingerprint density at radius 2 is 1.59 bits per heavy atom. The van der Waals surface area contributed by atoms with Gasteiger partial charge in [-0.15, -0.1) is 10.2 Å². The van der Waals surface area contributed by atoms with Crippen molar-refractivity contribution in [2.24, 2.45) is 10.2 Å². The van der Waals surface area contributed by atoms with Crippen molar-refractivity contribution < 1.29 is 19.4 Å². The van der Waals surface area contributed by atoms with E-state index in [2.05, 4.69) is 15.5 Å². The van der Waals surface area contributed by atoms with E-state index in [1.807, 2.05) is 54.6 Å². The summed E-state index contributed by atoms with van der Waals surface area (Å²) in [5.41, 5.74) is 1.74. The number of methoxy groups -OCH3 is 1. The number of fused-ring (bicyclic) bond motifs is 1. The number of nitrogens with one attached hydrogen (secondary N) is 1. The zero-order valence-corrected chi connectivity index (χ0v) is 18.5. The fraction of sp³-hybridized carbons (Fsp3) is 0.111. The smallest absolute Gasteiger partial charge is 0.328 e. The Morgan fingerprint density at radius 1 is 0.882 bits per heavy atom. The second-order valence-electron chi connectivity index (χ2n) is 7.61. The maximum atomic E-state index is 13.1. The summed E-state index contributed by atoms with van der Waals surface area (Å²) in [6.45, 7) is 0. The Balaban J connectivity index is 1.61. The Morgan fingerprint density at radius 3 is 2.38 bits per heavy atom. The molecule has 0 saturated heterocycles. The van der Waals surface area contributed by atoms with Crippen LogP contribution in [0, 0.1) is 0 Å². The normalized spacial score (nSPS) is 11.9. The van der Waals surface area contributed by atoms with E-state index in [1.165, 1.54) is 7.11 Å². The highest BCUT2D eigenvalue weighted by atomic mass is 16.5. The van der Waals surface area contributed by atoms with Gasteiger partial charge in [-0.1, -0.05) is 72.8 Å². The van der Waals surface area contributed by atoms with Gasteiger partial charge < -0.3 is 15.2 Å². The highest BCUT2D eigenvalue weighted by Gasteiger charge is 2.23. The largest absolute Gasteiger partial charge is 0.506 e. The standard InChI is InChI=1S/C27H23N3O4/c1-34-27(33)23(17-18-9-3-2-4-10-18)28-26(32)21-13-7-8-14-22(21)29-30-25-20-12-6-5-11-19(20)15-16-24(25)31/h2-16,23,31H,17H2,1H3,(H,28,32)/t23-/m1/s1. The van der Waals surface area contributed by atoms with E-state index in [0.717, 1.165) is 16.3 Å². The van der Waals surface area contributed by atoms with E-state index in [4.69, 9.17) is 4.74 Å². The first-order valence-electron chi connectivity index (χ1n) is 10.7. The molecule has 7 nitrogen and oxygen atoms in total. The monoisotopic (exact) mass is 453 g/mol. The molecule has 0 aliphatic heterocycles. The Kier molecular flexibility index (Phi) is 6.93. The molecule has 0 heterocycles. The molecule has 1 atom stereocenters. The maximum absolute atomic E-state index is 13.1. The van der Waals surface area contributed by atoms with Gasteiger partial charge in [0.05, 0.1) is 18.4 Å². The first-order chi connectivity index (χ1) is 16.6. The number of rotatable bonds is 7. The summed E-state index contributed by atoms with van der Waals surface area (Å²) < 4.78 is 4.89. The molecular formula is C27H23N3O4. The molecule has 34 heavy (non-hydrogen) atoms. The SMILES string of the molecule is COC(=O)[C@@H](Cc1ccccc1)NC(=O)c1ccccc1N=Nc1c(O)ccc2ccccc12. The van der Waals surface area contributed by atoms with Gasteiger partial charge >= 0.3 is 5.97 Å². The number of phenols is 1. The van der Waals surface area contributed by atoms with Gasteiger partial charge in [-0.05, 0) is 29.1 Å². The molecule has 4 aromatic rings. The summed E-state index contributed by atoms with van der Waals surface area (Å²) >= 11 is 0. The van der Waals surface area contributed by atoms with Gasteiger partial charge in [0.2, 0.25) is 0 Å². The van der Waals surface area contributed by atoms with E-state index in [-0.39, 0.29) is 17.7 Å². The molecule has 0 fully saturated rings. The number of benzene rings is 4. The molecule has 4 rings (SSSR count). The minimum Gasteiger partial charge on any atom is -0.506 e. The maximum Gasteiger partial charge on any atom is 0.328 e. The molecule has 0 aliphatic rings. The van der Waals surface area contributed by atoms with Crippen molar-refractivity contribution in [2.45, 2.75) is 12.5 Å². The quantitative estimate of drug-likeness (QED) is 0.286. The number of esters is 1. The average Bonchev–Trinajstić information content (AvgIpc) is 2.88. The van der Waals surface area contributed by atoms with Crippen molar-refractivity contribution in [3.05, 3.63) is 102 Å². The van der Waals surface area contributed by atoms with Crippen LogP contribution in [0.15, 0.2) is 101 Å². The topological polar surface area (TPSA) is 100 Å². The number of hydrogen-bond acceptors (Lipinski definition) is 6. The van der Waals surface area contributed by atoms with Crippen LogP contribution in [0.5, 0.6) is 5.75 Å². The summed E-state index contributed by atoms with van der Waals surface area (Å²) in [6.07, 6.45) is 0.285. The van der Waals surface area contributed by atoms with Crippen molar-refractivity contribution in [1.82, 2.24) is 5.32 Å². The highest BCUT2D eigenvalue weighted by molar-refractivity contribution is 6.01. The number of aromatic hydroxyl groups is 1. The third-order valence-electron chi connectivity index (χ3n) is 5.36. The molecule has 0 aromatic heterocycles. The van der Waals surface area contributed by atoms with Crippen molar-refractivity contribution >= 4 is 34.0 Å². The lowest BCUT2D eigenvalue weighted by atomic mass is 10.1. The van der Waals surface area contributed by atoms with E-state index in [1.54, 1.807) is 36.4 Å². The second kappa shape index (κ2) is 10.4. The van der Waals surface area contributed by atoms with Crippen molar-refractivity contribution in [3.8, 4) is 5.75 Å². The molecule has 0 radical (unpaired) electrons. The summed E-state index contributed by atoms with van der Waals surface area (Å²) in [5, 5.41) is 23.2. The molecule has 2 N–H and O–H groups in total. The number of ether oxygens (including phenoxy) is 1. The average molecular weight is 453 g/mol. The van der Waals surface area contributed by atoms with Gasteiger partial charge in [-0.3, -0.25) is 4.79 Å². The Bertz CT molecular complexity index is 1350. The van der Waals surface area contributed by atoms with E-state index >= 15 is 0 Å². The van der Waals surface area contributed by atoms with Gasteiger partial charge in [-0.2, -0.15) is 0 Å². The van der Waals surface area contributed by atoms with Crippen LogP contribution in [-0.4, -0.2) is 30.1 Å². The van der Waals surface area contributed by atoms with E-state index in [9.17, 15) is 14.7 Å². The van der Waals surface area contributed by atoms with Crippen molar-refractivity contribution in [3.63, 3.8) is 0 Å². The Hall–Kier alpha value is -4.52. The fourth-order valence-corrected chi connectivity index (χ4v) is 3.63. The van der Waals surface area contributed by atoms with Crippen LogP contribution in [0.3, 0.4) is 0 Å². The first kappa shape index (κ1) is 22.7. The first-order valence-corrected chi connectivity index (χ1v) is 10.7. The van der Waals surface area contributed by atoms with Gasteiger partial charge in [0.1, 0.15) is 17.5 Å². The summed E-state index contributed by atoms with van der Waals surface area (Å²) in [5.74, 6) is -1.04. The Labute approximate surface area is 196 Å². The molecule has 0 spiro atoms.